The van der Waals surface area contributed by atoms with Gasteiger partial charge in [0.2, 0.25) is 0 Å². The van der Waals surface area contributed by atoms with E-state index in [0.717, 1.165) is 35.1 Å². The number of nitriles is 1. The first-order chi connectivity index (χ1) is 12.7. The van der Waals surface area contributed by atoms with Crippen molar-refractivity contribution in [2.45, 2.75) is 12.8 Å². The van der Waals surface area contributed by atoms with Crippen LogP contribution < -0.4 is 5.32 Å². The van der Waals surface area contributed by atoms with Gasteiger partial charge in [-0.05, 0) is 43.2 Å². The Balaban J connectivity index is 1.45. The van der Waals surface area contributed by atoms with E-state index >= 15 is 0 Å². The van der Waals surface area contributed by atoms with E-state index in [0.29, 0.717) is 13.1 Å². The summed E-state index contributed by atoms with van der Waals surface area (Å²) in [6, 6.07) is 17.9. The van der Waals surface area contributed by atoms with E-state index in [1.54, 1.807) is 4.90 Å². The van der Waals surface area contributed by atoms with Crippen LogP contribution in [-0.4, -0.2) is 33.8 Å². The Morgan fingerprint density at radius 3 is 2.58 bits per heavy atom. The number of hydrogen-bond acceptors (Lipinski definition) is 3. The van der Waals surface area contributed by atoms with Gasteiger partial charge in [-0.2, -0.15) is 10.4 Å². The van der Waals surface area contributed by atoms with Gasteiger partial charge in [-0.15, -0.1) is 0 Å². The average molecular weight is 345 g/mol. The number of hydrogen-bond donors (Lipinski definition) is 1. The third kappa shape index (κ3) is 3.11. The number of aromatic nitrogens is 2. The molecule has 0 radical (unpaired) electrons. The Morgan fingerprint density at radius 1 is 1.12 bits per heavy atom. The number of likely N-dealkylation sites (tertiary alicyclic amines) is 1. The van der Waals surface area contributed by atoms with Crippen molar-refractivity contribution in [3.8, 4) is 11.8 Å². The van der Waals surface area contributed by atoms with Crippen molar-refractivity contribution < 1.29 is 4.79 Å². The fraction of sp³-hybridized carbons (Fsp3) is 0.250. The molecule has 1 fully saturated rings. The first-order valence-corrected chi connectivity index (χ1v) is 8.73. The van der Waals surface area contributed by atoms with Gasteiger partial charge in [0.15, 0.2) is 0 Å². The van der Waals surface area contributed by atoms with Crippen LogP contribution in [0.4, 0.5) is 10.5 Å². The Hall–Kier alpha value is -3.33. The van der Waals surface area contributed by atoms with Crippen LogP contribution in [0.3, 0.4) is 0 Å². The molecule has 0 spiro atoms. The summed E-state index contributed by atoms with van der Waals surface area (Å²) >= 11 is 0. The number of para-hydroxylation sites is 1. The van der Waals surface area contributed by atoms with Gasteiger partial charge < -0.3 is 10.2 Å². The molecule has 0 saturated carbocycles. The van der Waals surface area contributed by atoms with Crippen LogP contribution in [0.15, 0.2) is 54.7 Å². The largest absolute Gasteiger partial charge is 0.324 e. The van der Waals surface area contributed by atoms with Crippen LogP contribution in [0.2, 0.25) is 0 Å². The summed E-state index contributed by atoms with van der Waals surface area (Å²) in [7, 11) is 0. The predicted octanol–water partition coefficient (Wildman–Crippen LogP) is 3.79. The van der Waals surface area contributed by atoms with E-state index in [2.05, 4.69) is 16.5 Å². The molecule has 1 aromatic heterocycles. The second kappa shape index (κ2) is 6.89. The minimum absolute atomic E-state index is 0.0715. The van der Waals surface area contributed by atoms with E-state index in [4.69, 9.17) is 5.26 Å². The second-order valence-corrected chi connectivity index (χ2v) is 6.48. The zero-order valence-corrected chi connectivity index (χ0v) is 14.3. The topological polar surface area (TPSA) is 74.0 Å². The summed E-state index contributed by atoms with van der Waals surface area (Å²) in [4.78, 5) is 14.1. The van der Waals surface area contributed by atoms with Crippen molar-refractivity contribution in [2.75, 3.05) is 18.4 Å². The molecule has 2 amide bonds. The fourth-order valence-electron chi connectivity index (χ4n) is 3.28. The monoisotopic (exact) mass is 345 g/mol. The quantitative estimate of drug-likeness (QED) is 0.768. The van der Waals surface area contributed by atoms with Crippen LogP contribution >= 0.6 is 0 Å². The molecule has 3 aromatic rings. The van der Waals surface area contributed by atoms with Gasteiger partial charge in [-0.25, -0.2) is 9.48 Å². The normalized spacial score (nSPS) is 15.0. The molecule has 1 saturated heterocycles. The highest BCUT2D eigenvalue weighted by molar-refractivity contribution is 5.89. The van der Waals surface area contributed by atoms with Crippen molar-refractivity contribution in [3.05, 3.63) is 54.7 Å². The van der Waals surface area contributed by atoms with Crippen LogP contribution in [0.25, 0.3) is 16.6 Å². The lowest BCUT2D eigenvalue weighted by Gasteiger charge is -2.29. The number of rotatable bonds is 2. The van der Waals surface area contributed by atoms with E-state index in [9.17, 15) is 4.79 Å². The molecule has 26 heavy (non-hydrogen) atoms. The summed E-state index contributed by atoms with van der Waals surface area (Å²) in [6.45, 7) is 1.25. The third-order valence-corrected chi connectivity index (χ3v) is 4.81. The summed E-state index contributed by atoms with van der Waals surface area (Å²) in [5.74, 6) is 0.0715. The molecule has 1 N–H and O–H groups in total. The highest BCUT2D eigenvalue weighted by Gasteiger charge is 2.22. The molecule has 1 aliphatic rings. The van der Waals surface area contributed by atoms with Gasteiger partial charge in [0.1, 0.15) is 0 Å². The van der Waals surface area contributed by atoms with Gasteiger partial charge in [-0.3, -0.25) is 0 Å². The number of urea groups is 1. The highest BCUT2D eigenvalue weighted by atomic mass is 16.2. The molecule has 130 valence electrons. The number of amides is 2. The number of anilines is 1. The Kier molecular flexibility index (Phi) is 4.28. The molecule has 0 aliphatic carbocycles. The molecule has 2 aromatic carbocycles. The molecule has 4 rings (SSSR count). The van der Waals surface area contributed by atoms with E-state index < -0.39 is 0 Å². The molecule has 6 nitrogen and oxygen atoms in total. The van der Waals surface area contributed by atoms with Gasteiger partial charge in [-0.1, -0.05) is 18.2 Å². The first kappa shape index (κ1) is 16.2. The Bertz CT molecular complexity index is 962. The van der Waals surface area contributed by atoms with Crippen LogP contribution in [0.5, 0.6) is 0 Å². The molecule has 0 atom stereocenters. The summed E-state index contributed by atoms with van der Waals surface area (Å²) in [6.07, 6.45) is 3.33. The summed E-state index contributed by atoms with van der Waals surface area (Å²) in [5, 5.41) is 17.4. The van der Waals surface area contributed by atoms with Crippen LogP contribution in [0.1, 0.15) is 12.8 Å². The molecular weight excluding hydrogens is 326 g/mol. The van der Waals surface area contributed by atoms with Crippen molar-refractivity contribution in [1.82, 2.24) is 14.7 Å². The predicted molar refractivity (Wildman–Crippen MR) is 100.0 cm³/mol. The maximum Gasteiger partial charge on any atom is 0.321 e. The Labute approximate surface area is 151 Å². The summed E-state index contributed by atoms with van der Waals surface area (Å²) < 4.78 is 1.88. The number of carbonyl (C=O) groups excluding carboxylic acids is 1. The minimum atomic E-state index is -0.112. The zero-order valence-electron chi connectivity index (χ0n) is 14.3. The Morgan fingerprint density at radius 2 is 1.85 bits per heavy atom. The van der Waals surface area contributed by atoms with Crippen molar-refractivity contribution in [2.24, 2.45) is 5.92 Å². The number of nitrogens with one attached hydrogen (secondary N) is 1. The fourth-order valence-corrected chi connectivity index (χ4v) is 3.28. The van der Waals surface area contributed by atoms with Gasteiger partial charge in [0.05, 0.1) is 23.5 Å². The molecule has 0 unspecified atom stereocenters. The molecule has 6 heteroatoms. The standard InChI is InChI=1S/C20H19N5O/c21-13-15-9-11-24(12-10-15)20(26)23-17-5-7-18(8-6-17)25-19-4-2-1-3-16(19)14-22-25/h1-8,14-15H,9-12H2,(H,23,26). The minimum Gasteiger partial charge on any atom is -0.324 e. The number of benzene rings is 2. The van der Waals surface area contributed by atoms with Gasteiger partial charge in [0.25, 0.3) is 0 Å². The maximum absolute atomic E-state index is 12.4. The van der Waals surface area contributed by atoms with Crippen molar-refractivity contribution in [1.29, 1.82) is 5.26 Å². The maximum atomic E-state index is 12.4. The molecule has 2 heterocycles. The number of piperidine rings is 1. The van der Waals surface area contributed by atoms with Crippen LogP contribution in [-0.2, 0) is 0 Å². The third-order valence-electron chi connectivity index (χ3n) is 4.81. The molecule has 1 aliphatic heterocycles. The SMILES string of the molecule is N#CC1CCN(C(=O)Nc2ccc(-n3ncc4ccccc43)cc2)CC1. The average Bonchev–Trinajstić information content (AvgIpc) is 3.13. The summed E-state index contributed by atoms with van der Waals surface area (Å²) in [5.41, 5.74) is 2.74. The lowest BCUT2D eigenvalue weighted by molar-refractivity contribution is 0.192. The number of carbonyl (C=O) groups is 1. The number of nitrogens with zero attached hydrogens (tertiary/aromatic N) is 4. The van der Waals surface area contributed by atoms with Gasteiger partial charge in [0, 0.05) is 30.1 Å². The second-order valence-electron chi connectivity index (χ2n) is 6.48. The molecule has 0 bridgehead atoms. The van der Waals surface area contributed by atoms with E-state index in [1.807, 2.05) is 59.4 Å². The van der Waals surface area contributed by atoms with Crippen molar-refractivity contribution in [3.63, 3.8) is 0 Å². The zero-order chi connectivity index (χ0) is 17.9. The number of fused-ring (bicyclic) bond motifs is 1. The smallest absolute Gasteiger partial charge is 0.321 e. The molecular formula is C20H19N5O. The van der Waals surface area contributed by atoms with Gasteiger partial charge >= 0.3 is 6.03 Å². The highest BCUT2D eigenvalue weighted by Crippen LogP contribution is 2.21. The lowest BCUT2D eigenvalue weighted by atomic mass is 9.99. The van der Waals surface area contributed by atoms with E-state index in [1.165, 1.54) is 0 Å². The van der Waals surface area contributed by atoms with Crippen molar-refractivity contribution >= 4 is 22.6 Å². The first-order valence-electron chi connectivity index (χ1n) is 8.73. The van der Waals surface area contributed by atoms with Crippen LogP contribution in [0, 0.1) is 17.2 Å². The lowest BCUT2D eigenvalue weighted by Crippen LogP contribution is -2.40. The van der Waals surface area contributed by atoms with E-state index in [-0.39, 0.29) is 11.9 Å².